The van der Waals surface area contributed by atoms with Gasteiger partial charge in [0.15, 0.2) is 0 Å². The van der Waals surface area contributed by atoms with E-state index in [-0.39, 0.29) is 5.91 Å². The van der Waals surface area contributed by atoms with E-state index in [1.165, 1.54) is 0 Å². The molecule has 3 heterocycles. The van der Waals surface area contributed by atoms with E-state index in [0.717, 1.165) is 31.6 Å². The molecule has 6 nitrogen and oxygen atoms in total. The smallest absolute Gasteiger partial charge is 0.272 e. The highest BCUT2D eigenvalue weighted by Crippen LogP contribution is 2.15. The second-order valence-corrected chi connectivity index (χ2v) is 5.77. The van der Waals surface area contributed by atoms with Gasteiger partial charge < -0.3 is 10.6 Å². The van der Waals surface area contributed by atoms with Crippen molar-refractivity contribution in [2.75, 3.05) is 13.1 Å². The first-order chi connectivity index (χ1) is 10.7. The summed E-state index contributed by atoms with van der Waals surface area (Å²) in [6.07, 6.45) is 5.65. The molecule has 0 radical (unpaired) electrons. The minimum Gasteiger partial charge on any atom is -0.345 e. The van der Waals surface area contributed by atoms with Gasteiger partial charge in [-0.3, -0.25) is 14.5 Å². The molecule has 1 unspecified atom stereocenters. The Morgan fingerprint density at radius 3 is 3.09 bits per heavy atom. The molecule has 0 bridgehead atoms. The molecule has 116 valence electrons. The normalized spacial score (nSPS) is 18.1. The summed E-state index contributed by atoms with van der Waals surface area (Å²) in [5.74, 6) is -0.195. The Balaban J connectivity index is 1.58. The molecule has 3 rings (SSSR count). The molecule has 22 heavy (non-hydrogen) atoms. The fraction of sp³-hybridized carbons (Fsp3) is 0.400. The third-order valence-electron chi connectivity index (χ3n) is 3.70. The van der Waals surface area contributed by atoms with E-state index < -0.39 is 0 Å². The summed E-state index contributed by atoms with van der Waals surface area (Å²) in [5, 5.41) is 11.1. The number of nitrogens with zero attached hydrogens (tertiary/aromatic N) is 3. The van der Waals surface area contributed by atoms with Gasteiger partial charge in [0.1, 0.15) is 5.69 Å². The topological polar surface area (TPSA) is 71.8 Å². The molecule has 1 saturated heterocycles. The number of hydrogen-bond acceptors (Lipinski definition) is 4. The summed E-state index contributed by atoms with van der Waals surface area (Å²) in [4.78, 5) is 16.3. The number of carbonyl (C=O) groups is 1. The second kappa shape index (κ2) is 6.89. The van der Waals surface area contributed by atoms with Crippen molar-refractivity contribution in [3.63, 3.8) is 0 Å². The van der Waals surface area contributed by atoms with E-state index in [1.807, 2.05) is 10.9 Å². The van der Waals surface area contributed by atoms with Gasteiger partial charge in [0, 0.05) is 18.9 Å². The Morgan fingerprint density at radius 2 is 2.36 bits per heavy atom. The molecule has 2 aromatic rings. The minimum absolute atomic E-state index is 0.195. The van der Waals surface area contributed by atoms with Crippen molar-refractivity contribution in [3.05, 3.63) is 47.0 Å². The van der Waals surface area contributed by atoms with Gasteiger partial charge in [-0.2, -0.15) is 5.10 Å². The molecule has 2 aromatic heterocycles. The summed E-state index contributed by atoms with van der Waals surface area (Å²) < 4.78 is 1.88. The molecule has 1 aliphatic rings. The number of rotatable bonds is 4. The lowest BCUT2D eigenvalue weighted by atomic mass is 10.1. The zero-order valence-electron chi connectivity index (χ0n) is 12.1. The predicted octanol–water partition coefficient (Wildman–Crippen LogP) is 1.79. The molecule has 1 amide bonds. The molecule has 0 saturated carbocycles. The standard InChI is InChI=1S/C15H18ClN5O/c16-11-3-4-12(18-8-11)9-19-15(22)14-5-7-21(20-14)13-2-1-6-17-10-13/h3-5,7-8,13,17H,1-2,6,9-10H2,(H,19,22). The van der Waals surface area contributed by atoms with Crippen LogP contribution in [0.5, 0.6) is 0 Å². The number of aromatic nitrogens is 3. The van der Waals surface area contributed by atoms with Gasteiger partial charge in [-0.25, -0.2) is 0 Å². The summed E-state index contributed by atoms with van der Waals surface area (Å²) in [5.41, 5.74) is 1.19. The number of piperidine rings is 1. The van der Waals surface area contributed by atoms with E-state index in [9.17, 15) is 4.79 Å². The maximum absolute atomic E-state index is 12.1. The third kappa shape index (κ3) is 3.64. The maximum Gasteiger partial charge on any atom is 0.272 e. The van der Waals surface area contributed by atoms with Gasteiger partial charge in [-0.1, -0.05) is 11.6 Å². The first-order valence-electron chi connectivity index (χ1n) is 7.37. The number of pyridine rings is 1. The van der Waals surface area contributed by atoms with Gasteiger partial charge >= 0.3 is 0 Å². The van der Waals surface area contributed by atoms with Gasteiger partial charge in [0.2, 0.25) is 0 Å². The second-order valence-electron chi connectivity index (χ2n) is 5.33. The van der Waals surface area contributed by atoms with E-state index in [4.69, 9.17) is 11.6 Å². The van der Waals surface area contributed by atoms with Crippen molar-refractivity contribution in [2.45, 2.75) is 25.4 Å². The first-order valence-corrected chi connectivity index (χ1v) is 7.74. The minimum atomic E-state index is -0.195. The number of halogens is 1. The van der Waals surface area contributed by atoms with Crippen molar-refractivity contribution < 1.29 is 4.79 Å². The highest BCUT2D eigenvalue weighted by atomic mass is 35.5. The lowest BCUT2D eigenvalue weighted by molar-refractivity contribution is 0.0944. The maximum atomic E-state index is 12.1. The monoisotopic (exact) mass is 319 g/mol. The Kier molecular flexibility index (Phi) is 4.70. The van der Waals surface area contributed by atoms with Crippen LogP contribution in [0.1, 0.15) is 35.1 Å². The number of amides is 1. The van der Waals surface area contributed by atoms with Crippen LogP contribution < -0.4 is 10.6 Å². The largest absolute Gasteiger partial charge is 0.345 e. The van der Waals surface area contributed by atoms with Crippen LogP contribution >= 0.6 is 11.6 Å². The predicted molar refractivity (Wildman–Crippen MR) is 83.8 cm³/mol. The van der Waals surface area contributed by atoms with Gasteiger partial charge in [0.05, 0.1) is 23.3 Å². The molecule has 1 aliphatic heterocycles. The first kappa shape index (κ1) is 15.0. The van der Waals surface area contributed by atoms with Gasteiger partial charge in [0.25, 0.3) is 5.91 Å². The van der Waals surface area contributed by atoms with Crippen LogP contribution in [-0.2, 0) is 6.54 Å². The molecule has 1 atom stereocenters. The number of nitrogens with one attached hydrogen (secondary N) is 2. The number of hydrogen-bond donors (Lipinski definition) is 2. The van der Waals surface area contributed by atoms with Crippen molar-refractivity contribution in [1.82, 2.24) is 25.4 Å². The zero-order chi connectivity index (χ0) is 15.4. The van der Waals surface area contributed by atoms with Crippen molar-refractivity contribution in [2.24, 2.45) is 0 Å². The Morgan fingerprint density at radius 1 is 1.45 bits per heavy atom. The molecule has 0 aliphatic carbocycles. The van der Waals surface area contributed by atoms with Crippen LogP contribution in [0.15, 0.2) is 30.6 Å². The highest BCUT2D eigenvalue weighted by Gasteiger charge is 2.17. The molecule has 0 spiro atoms. The summed E-state index contributed by atoms with van der Waals surface area (Å²) in [6, 6.07) is 5.61. The van der Waals surface area contributed by atoms with Gasteiger partial charge in [-0.05, 0) is 37.6 Å². The summed E-state index contributed by atoms with van der Waals surface area (Å²) in [6.45, 7) is 2.31. The lowest BCUT2D eigenvalue weighted by Crippen LogP contribution is -2.32. The van der Waals surface area contributed by atoms with E-state index >= 15 is 0 Å². The van der Waals surface area contributed by atoms with Crippen molar-refractivity contribution in [3.8, 4) is 0 Å². The van der Waals surface area contributed by atoms with E-state index in [0.29, 0.717) is 23.3 Å². The van der Waals surface area contributed by atoms with Crippen LogP contribution in [0.4, 0.5) is 0 Å². The fourth-order valence-corrected chi connectivity index (χ4v) is 2.61. The Labute approximate surface area is 133 Å². The van der Waals surface area contributed by atoms with Crippen LogP contribution in [0.3, 0.4) is 0 Å². The molecular formula is C15H18ClN5O. The lowest BCUT2D eigenvalue weighted by Gasteiger charge is -2.22. The average molecular weight is 320 g/mol. The van der Waals surface area contributed by atoms with Crippen molar-refractivity contribution >= 4 is 17.5 Å². The van der Waals surface area contributed by atoms with E-state index in [1.54, 1.807) is 24.4 Å². The average Bonchev–Trinajstić information content (AvgIpc) is 3.05. The molecule has 1 fully saturated rings. The quantitative estimate of drug-likeness (QED) is 0.901. The molecule has 2 N–H and O–H groups in total. The van der Waals surface area contributed by atoms with Crippen LogP contribution in [0.2, 0.25) is 5.02 Å². The Hall–Kier alpha value is -1.92. The van der Waals surface area contributed by atoms with Crippen LogP contribution in [-0.4, -0.2) is 33.8 Å². The fourth-order valence-electron chi connectivity index (χ4n) is 2.49. The summed E-state index contributed by atoms with van der Waals surface area (Å²) in [7, 11) is 0. The highest BCUT2D eigenvalue weighted by molar-refractivity contribution is 6.30. The molecular weight excluding hydrogens is 302 g/mol. The molecule has 7 heteroatoms. The van der Waals surface area contributed by atoms with Crippen LogP contribution in [0, 0.1) is 0 Å². The zero-order valence-corrected chi connectivity index (χ0v) is 12.9. The third-order valence-corrected chi connectivity index (χ3v) is 3.93. The summed E-state index contributed by atoms with van der Waals surface area (Å²) >= 11 is 5.78. The molecule has 0 aromatic carbocycles. The van der Waals surface area contributed by atoms with E-state index in [2.05, 4.69) is 20.7 Å². The van der Waals surface area contributed by atoms with Crippen molar-refractivity contribution in [1.29, 1.82) is 0 Å². The Bertz CT molecular complexity index is 634. The van der Waals surface area contributed by atoms with Crippen LogP contribution in [0.25, 0.3) is 0 Å². The SMILES string of the molecule is O=C(NCc1ccc(Cl)cn1)c1ccn(C2CCCNC2)n1. The number of carbonyl (C=O) groups excluding carboxylic acids is 1. The van der Waals surface area contributed by atoms with Gasteiger partial charge in [-0.15, -0.1) is 0 Å².